The van der Waals surface area contributed by atoms with Gasteiger partial charge in [-0.05, 0) is 30.5 Å². The van der Waals surface area contributed by atoms with Gasteiger partial charge in [-0.15, -0.1) is 0 Å². The molecule has 1 aliphatic heterocycles. The molecule has 0 bridgehead atoms. The molecule has 5 heteroatoms. The molecule has 1 amide bonds. The van der Waals surface area contributed by atoms with Crippen LogP contribution in [0.3, 0.4) is 0 Å². The summed E-state index contributed by atoms with van der Waals surface area (Å²) in [7, 11) is 1.55. The molecule has 0 aliphatic carbocycles. The molecule has 3 nitrogen and oxygen atoms in total. The Bertz CT molecular complexity index is 488. The predicted octanol–water partition coefficient (Wildman–Crippen LogP) is 2.56. The fourth-order valence-corrected chi connectivity index (χ4v) is 2.29. The minimum absolute atomic E-state index is 0.249. The highest BCUT2D eigenvalue weighted by molar-refractivity contribution is 6.01. The average Bonchev–Trinajstić information content (AvgIpc) is 2.35. The van der Waals surface area contributed by atoms with Gasteiger partial charge in [0, 0.05) is 32.4 Å². The molecule has 1 heterocycles. The van der Waals surface area contributed by atoms with Crippen LogP contribution >= 0.6 is 0 Å². The van der Waals surface area contributed by atoms with Crippen molar-refractivity contribution in [2.75, 3.05) is 25.2 Å². The van der Waals surface area contributed by atoms with Crippen LogP contribution in [0.1, 0.15) is 17.5 Å². The Morgan fingerprint density at radius 1 is 1.42 bits per heavy atom. The monoisotopic (exact) mass is 269 g/mol. The molecule has 0 saturated carbocycles. The zero-order valence-corrected chi connectivity index (χ0v) is 11.1. The number of ether oxygens (including phenoxy) is 1. The van der Waals surface area contributed by atoms with E-state index in [1.165, 1.54) is 4.90 Å². The molecule has 0 aromatic heterocycles. The van der Waals surface area contributed by atoms with E-state index in [9.17, 15) is 13.6 Å². The van der Waals surface area contributed by atoms with Gasteiger partial charge in [0.1, 0.15) is 0 Å². The fraction of sp³-hybridized carbons (Fsp3) is 0.500. The van der Waals surface area contributed by atoms with Gasteiger partial charge in [0.25, 0.3) is 5.91 Å². The van der Waals surface area contributed by atoms with Gasteiger partial charge in [-0.3, -0.25) is 4.79 Å². The quantitative estimate of drug-likeness (QED) is 0.786. The van der Waals surface area contributed by atoms with E-state index in [-0.39, 0.29) is 6.54 Å². The number of carbonyl (C=O) groups is 1. The number of anilines is 1. The SMILES string of the molecule is COCCCN1C(=O)C(F)(F)Cc2ccc(C)cc21. The first kappa shape index (κ1) is 13.9. The molecule has 1 aromatic rings. The Balaban J connectivity index is 2.33. The molecule has 0 radical (unpaired) electrons. The highest BCUT2D eigenvalue weighted by Crippen LogP contribution is 2.36. The topological polar surface area (TPSA) is 29.5 Å². The number of fused-ring (bicyclic) bond motifs is 1. The second-order valence-corrected chi connectivity index (χ2v) is 4.82. The summed E-state index contributed by atoms with van der Waals surface area (Å²) in [6, 6.07) is 5.25. The van der Waals surface area contributed by atoms with E-state index in [1.807, 2.05) is 6.92 Å². The van der Waals surface area contributed by atoms with Gasteiger partial charge in [0.05, 0.1) is 0 Å². The molecule has 104 valence electrons. The number of alkyl halides is 2. The van der Waals surface area contributed by atoms with Gasteiger partial charge >= 0.3 is 5.92 Å². The lowest BCUT2D eigenvalue weighted by Crippen LogP contribution is -2.49. The standard InChI is InChI=1S/C14H17F2NO2/c1-10-4-5-11-9-14(15,16)13(18)17(12(11)8-10)6-3-7-19-2/h4-5,8H,3,6-7,9H2,1-2H3. The van der Waals surface area contributed by atoms with Crippen molar-refractivity contribution in [3.63, 3.8) is 0 Å². The van der Waals surface area contributed by atoms with Crippen molar-refractivity contribution >= 4 is 11.6 Å². The van der Waals surface area contributed by atoms with E-state index in [1.54, 1.807) is 25.3 Å². The highest BCUT2D eigenvalue weighted by atomic mass is 19.3. The minimum Gasteiger partial charge on any atom is -0.385 e. The van der Waals surface area contributed by atoms with Crippen LogP contribution in [0.15, 0.2) is 18.2 Å². The second-order valence-electron chi connectivity index (χ2n) is 4.82. The van der Waals surface area contributed by atoms with Crippen molar-refractivity contribution in [1.29, 1.82) is 0 Å². The average molecular weight is 269 g/mol. The Labute approximate surface area is 111 Å². The van der Waals surface area contributed by atoms with Gasteiger partial charge in [-0.25, -0.2) is 0 Å². The van der Waals surface area contributed by atoms with E-state index in [0.717, 1.165) is 5.56 Å². The summed E-state index contributed by atoms with van der Waals surface area (Å²) in [5.74, 6) is -4.42. The number of methoxy groups -OCH3 is 1. The third-order valence-electron chi connectivity index (χ3n) is 3.23. The number of hydrogen-bond donors (Lipinski definition) is 0. The fourth-order valence-electron chi connectivity index (χ4n) is 2.29. The summed E-state index contributed by atoms with van der Waals surface area (Å²) in [4.78, 5) is 13.0. The number of rotatable bonds is 4. The Morgan fingerprint density at radius 3 is 2.84 bits per heavy atom. The molecule has 19 heavy (non-hydrogen) atoms. The molecular formula is C14H17F2NO2. The third kappa shape index (κ3) is 2.76. The van der Waals surface area contributed by atoms with Crippen molar-refractivity contribution < 1.29 is 18.3 Å². The first-order valence-electron chi connectivity index (χ1n) is 6.24. The first-order valence-corrected chi connectivity index (χ1v) is 6.24. The number of carbonyl (C=O) groups excluding carboxylic acids is 1. The van der Waals surface area contributed by atoms with E-state index >= 15 is 0 Å². The van der Waals surface area contributed by atoms with E-state index in [0.29, 0.717) is 24.3 Å². The van der Waals surface area contributed by atoms with E-state index in [2.05, 4.69) is 0 Å². The Kier molecular flexibility index (Phi) is 3.85. The molecule has 0 fully saturated rings. The predicted molar refractivity (Wildman–Crippen MR) is 68.7 cm³/mol. The Morgan fingerprint density at radius 2 is 2.16 bits per heavy atom. The molecule has 0 unspecified atom stereocenters. The largest absolute Gasteiger partial charge is 0.385 e. The smallest absolute Gasteiger partial charge is 0.329 e. The number of halogens is 2. The van der Waals surface area contributed by atoms with Crippen molar-refractivity contribution in [3.8, 4) is 0 Å². The summed E-state index contributed by atoms with van der Waals surface area (Å²) in [5.41, 5.74) is 2.08. The normalized spacial score (nSPS) is 17.5. The van der Waals surface area contributed by atoms with Gasteiger partial charge in [0.15, 0.2) is 0 Å². The lowest BCUT2D eigenvalue weighted by atomic mass is 9.96. The maximum absolute atomic E-state index is 13.7. The third-order valence-corrected chi connectivity index (χ3v) is 3.23. The van der Waals surface area contributed by atoms with E-state index in [4.69, 9.17) is 4.74 Å². The molecular weight excluding hydrogens is 252 g/mol. The van der Waals surface area contributed by atoms with Crippen LogP contribution in [0.2, 0.25) is 0 Å². The number of amides is 1. The summed E-state index contributed by atoms with van der Waals surface area (Å²) in [6.45, 7) is 2.57. The van der Waals surface area contributed by atoms with Crippen LogP contribution in [0, 0.1) is 6.92 Å². The van der Waals surface area contributed by atoms with Gasteiger partial charge in [-0.2, -0.15) is 8.78 Å². The minimum atomic E-state index is -3.31. The molecule has 0 saturated heterocycles. The zero-order valence-electron chi connectivity index (χ0n) is 11.1. The van der Waals surface area contributed by atoms with Gasteiger partial charge < -0.3 is 9.64 Å². The molecule has 2 rings (SSSR count). The number of benzene rings is 1. The molecule has 1 aliphatic rings. The van der Waals surface area contributed by atoms with Gasteiger partial charge in [-0.1, -0.05) is 12.1 Å². The van der Waals surface area contributed by atoms with E-state index < -0.39 is 18.3 Å². The Hall–Kier alpha value is -1.49. The lowest BCUT2D eigenvalue weighted by Gasteiger charge is -2.34. The van der Waals surface area contributed by atoms with Crippen LogP contribution in [0.25, 0.3) is 0 Å². The molecule has 1 aromatic carbocycles. The summed E-state index contributed by atoms with van der Waals surface area (Å²) in [6.07, 6.45) is 0.0218. The molecule has 0 atom stereocenters. The van der Waals surface area contributed by atoms with Crippen LogP contribution in [-0.4, -0.2) is 32.1 Å². The van der Waals surface area contributed by atoms with Crippen molar-refractivity contribution in [1.82, 2.24) is 0 Å². The summed E-state index contributed by atoms with van der Waals surface area (Å²) in [5, 5.41) is 0. The van der Waals surface area contributed by atoms with Crippen LogP contribution in [-0.2, 0) is 16.0 Å². The highest BCUT2D eigenvalue weighted by Gasteiger charge is 2.47. The van der Waals surface area contributed by atoms with Crippen molar-refractivity contribution in [3.05, 3.63) is 29.3 Å². The maximum Gasteiger partial charge on any atom is 0.329 e. The van der Waals surface area contributed by atoms with Gasteiger partial charge in [0.2, 0.25) is 0 Å². The summed E-state index contributed by atoms with van der Waals surface area (Å²) >= 11 is 0. The van der Waals surface area contributed by atoms with Crippen LogP contribution in [0.5, 0.6) is 0 Å². The van der Waals surface area contributed by atoms with Crippen molar-refractivity contribution in [2.24, 2.45) is 0 Å². The zero-order chi connectivity index (χ0) is 14.0. The summed E-state index contributed by atoms with van der Waals surface area (Å²) < 4.78 is 32.3. The number of nitrogens with zero attached hydrogens (tertiary/aromatic N) is 1. The number of hydrogen-bond acceptors (Lipinski definition) is 2. The number of aryl methyl sites for hydroxylation is 1. The second kappa shape index (κ2) is 5.25. The molecule has 0 spiro atoms. The van der Waals surface area contributed by atoms with Crippen molar-refractivity contribution in [2.45, 2.75) is 25.7 Å². The molecule has 0 N–H and O–H groups in total. The first-order chi connectivity index (χ1) is 8.95. The van der Waals surface area contributed by atoms with Crippen LogP contribution in [0.4, 0.5) is 14.5 Å². The van der Waals surface area contributed by atoms with Crippen LogP contribution < -0.4 is 4.90 Å². The maximum atomic E-state index is 13.7. The lowest BCUT2D eigenvalue weighted by molar-refractivity contribution is -0.143.